The molecule has 0 aliphatic carbocycles. The number of hydrogen-bond donors (Lipinski definition) is 1. The number of aliphatic hydroxyl groups is 1. The second kappa shape index (κ2) is 6.74. The highest BCUT2D eigenvalue weighted by Crippen LogP contribution is 2.23. The molecule has 0 fully saturated rings. The van der Waals surface area contributed by atoms with Crippen molar-refractivity contribution in [3.63, 3.8) is 0 Å². The van der Waals surface area contributed by atoms with Crippen molar-refractivity contribution in [2.75, 3.05) is 13.2 Å². The van der Waals surface area contributed by atoms with Crippen LogP contribution in [0.5, 0.6) is 0 Å². The van der Waals surface area contributed by atoms with Crippen LogP contribution in [0, 0.1) is 0 Å². The van der Waals surface area contributed by atoms with E-state index < -0.39 is 12.2 Å². The van der Waals surface area contributed by atoms with E-state index >= 15 is 0 Å². The number of carbonyl (C=O) groups excluding carboxylic acids is 1. The number of aliphatic hydroxyl groups excluding tert-OH is 1. The van der Waals surface area contributed by atoms with Gasteiger partial charge in [0.05, 0.1) is 17.6 Å². The van der Waals surface area contributed by atoms with Crippen LogP contribution in [0.3, 0.4) is 0 Å². The number of nitrogens with zero attached hydrogens (tertiary/aromatic N) is 7. The number of halogens is 1. The summed E-state index contributed by atoms with van der Waals surface area (Å²) in [6.45, 7) is 3.36. The molecular weight excluding hydrogens is 406 g/mol. The maximum Gasteiger partial charge on any atom is 0.376 e. The molecule has 1 aliphatic rings. The molecule has 4 heterocycles. The molecule has 4 rings (SSSR count). The van der Waals surface area contributed by atoms with Crippen LogP contribution in [0.25, 0.3) is 5.65 Å². The molecule has 0 spiro atoms. The molecule has 3 aromatic rings. The second-order valence-electron chi connectivity index (χ2n) is 5.80. The van der Waals surface area contributed by atoms with E-state index in [1.54, 1.807) is 34.5 Å². The second-order valence-corrected chi connectivity index (χ2v) is 6.72. The number of hydrogen-bond acceptors (Lipinski definition) is 8. The first kappa shape index (κ1) is 17.1. The zero-order valence-corrected chi connectivity index (χ0v) is 15.5. The molecule has 26 heavy (non-hydrogen) atoms. The maximum absolute atomic E-state index is 11.9. The summed E-state index contributed by atoms with van der Waals surface area (Å²) in [7, 11) is 0. The summed E-state index contributed by atoms with van der Waals surface area (Å²) < 4.78 is 9.12. The summed E-state index contributed by atoms with van der Waals surface area (Å²) in [6, 6.07) is 1.74. The van der Waals surface area contributed by atoms with Gasteiger partial charge in [0.2, 0.25) is 5.82 Å². The zero-order valence-electron chi connectivity index (χ0n) is 13.9. The van der Waals surface area contributed by atoms with Crippen molar-refractivity contribution in [2.24, 2.45) is 0 Å². The first-order valence-electron chi connectivity index (χ1n) is 8.09. The summed E-state index contributed by atoms with van der Waals surface area (Å²) in [5.74, 6) is 0.304. The van der Waals surface area contributed by atoms with Crippen LogP contribution < -0.4 is 0 Å². The summed E-state index contributed by atoms with van der Waals surface area (Å²) in [4.78, 5) is 18.0. The average Bonchev–Trinajstić information content (AvgIpc) is 3.24. The van der Waals surface area contributed by atoms with Gasteiger partial charge in [-0.1, -0.05) is 0 Å². The topological polar surface area (TPSA) is 111 Å². The van der Waals surface area contributed by atoms with E-state index in [9.17, 15) is 9.90 Å². The van der Waals surface area contributed by atoms with Gasteiger partial charge < -0.3 is 14.4 Å². The minimum atomic E-state index is -0.910. The Balaban J connectivity index is 1.55. The average molecular weight is 422 g/mol. The van der Waals surface area contributed by atoms with Crippen molar-refractivity contribution in [3.05, 3.63) is 40.3 Å². The molecule has 0 bridgehead atoms. The van der Waals surface area contributed by atoms with Gasteiger partial charge in [0.15, 0.2) is 11.9 Å². The third kappa shape index (κ3) is 2.97. The number of aromatic nitrogens is 6. The van der Waals surface area contributed by atoms with E-state index in [4.69, 9.17) is 4.74 Å². The minimum absolute atomic E-state index is 0.192. The Morgan fingerprint density at radius 1 is 1.42 bits per heavy atom. The van der Waals surface area contributed by atoms with Gasteiger partial charge in [-0.25, -0.2) is 14.3 Å². The van der Waals surface area contributed by atoms with Gasteiger partial charge in [0, 0.05) is 31.5 Å². The van der Waals surface area contributed by atoms with Crippen molar-refractivity contribution in [1.29, 1.82) is 0 Å². The highest BCUT2D eigenvalue weighted by atomic mass is 79.9. The monoisotopic (exact) mass is 421 g/mol. The van der Waals surface area contributed by atoms with E-state index in [2.05, 4.69) is 36.2 Å². The van der Waals surface area contributed by atoms with Crippen LogP contribution in [0.15, 0.2) is 22.9 Å². The molecule has 0 radical (unpaired) electrons. The molecule has 0 amide bonds. The van der Waals surface area contributed by atoms with Gasteiger partial charge in [0.1, 0.15) is 11.5 Å². The normalized spacial score (nSPS) is 15.8. The number of esters is 1. The lowest BCUT2D eigenvalue weighted by atomic mass is 10.2. The van der Waals surface area contributed by atoms with Gasteiger partial charge in [-0.15, -0.1) is 10.2 Å². The summed E-state index contributed by atoms with van der Waals surface area (Å²) in [6.07, 6.45) is 2.54. The molecule has 1 aliphatic heterocycles. The van der Waals surface area contributed by atoms with E-state index in [0.717, 1.165) is 4.47 Å². The fourth-order valence-electron chi connectivity index (χ4n) is 2.92. The Bertz CT molecular complexity index is 969. The Morgan fingerprint density at radius 3 is 3.08 bits per heavy atom. The zero-order chi connectivity index (χ0) is 18.3. The highest BCUT2D eigenvalue weighted by molar-refractivity contribution is 9.10. The fraction of sp³-hybridized carbons (Fsp3) is 0.400. The SMILES string of the molecule is CCOC(=O)c1nnc2n1CCN(C(O)c1cc3ncc(Br)cn3n1)C2. The lowest BCUT2D eigenvalue weighted by molar-refractivity contribution is -0.0201. The number of carbonyl (C=O) groups is 1. The van der Waals surface area contributed by atoms with Crippen LogP contribution >= 0.6 is 15.9 Å². The molecule has 3 aromatic heterocycles. The largest absolute Gasteiger partial charge is 0.460 e. The van der Waals surface area contributed by atoms with Gasteiger partial charge in [-0.2, -0.15) is 5.10 Å². The Kier molecular flexibility index (Phi) is 4.42. The van der Waals surface area contributed by atoms with Gasteiger partial charge in [-0.3, -0.25) is 4.90 Å². The molecule has 1 N–H and O–H groups in total. The fourth-order valence-corrected chi connectivity index (χ4v) is 3.21. The minimum Gasteiger partial charge on any atom is -0.460 e. The smallest absolute Gasteiger partial charge is 0.376 e. The molecular formula is C15H16BrN7O3. The lowest BCUT2D eigenvalue weighted by Gasteiger charge is -2.30. The molecule has 1 atom stereocenters. The van der Waals surface area contributed by atoms with E-state index in [1.165, 1.54) is 0 Å². The predicted octanol–water partition coefficient (Wildman–Crippen LogP) is 0.767. The molecule has 0 saturated heterocycles. The van der Waals surface area contributed by atoms with Crippen LogP contribution in [0.2, 0.25) is 0 Å². The van der Waals surface area contributed by atoms with Gasteiger partial charge in [0.25, 0.3) is 0 Å². The Hall–Kier alpha value is -2.37. The number of ether oxygens (including phenoxy) is 1. The first-order chi connectivity index (χ1) is 12.6. The van der Waals surface area contributed by atoms with Crippen LogP contribution in [0.1, 0.15) is 35.3 Å². The molecule has 11 heteroatoms. The summed E-state index contributed by atoms with van der Waals surface area (Å²) >= 11 is 3.35. The Labute approximate surface area is 156 Å². The first-order valence-corrected chi connectivity index (χ1v) is 8.88. The molecule has 0 saturated carbocycles. The van der Waals surface area contributed by atoms with Crippen molar-refractivity contribution in [2.45, 2.75) is 26.2 Å². The molecule has 1 unspecified atom stereocenters. The van der Waals surface area contributed by atoms with Crippen LogP contribution in [-0.4, -0.2) is 58.5 Å². The number of fused-ring (bicyclic) bond motifs is 2. The molecule has 0 aromatic carbocycles. The van der Waals surface area contributed by atoms with Crippen molar-refractivity contribution in [1.82, 2.24) is 34.3 Å². The lowest BCUT2D eigenvalue weighted by Crippen LogP contribution is -2.37. The van der Waals surface area contributed by atoms with Crippen LogP contribution in [0.4, 0.5) is 0 Å². The van der Waals surface area contributed by atoms with Crippen molar-refractivity contribution >= 4 is 27.5 Å². The van der Waals surface area contributed by atoms with Gasteiger partial charge in [-0.05, 0) is 22.9 Å². The van der Waals surface area contributed by atoms with Crippen molar-refractivity contribution in [3.8, 4) is 0 Å². The highest BCUT2D eigenvalue weighted by Gasteiger charge is 2.29. The summed E-state index contributed by atoms with van der Waals surface area (Å²) in [5.41, 5.74) is 1.14. The number of rotatable bonds is 4. The standard InChI is InChI=1S/C15H16BrN7O3/c1-2-26-15(25)13-19-18-12-8-21(3-4-22(12)13)14(24)10-5-11-17-6-9(16)7-23(11)20-10/h5-7,14,24H,2-4,8H2,1H3. The van der Waals surface area contributed by atoms with Gasteiger partial charge >= 0.3 is 5.97 Å². The molecule has 10 nitrogen and oxygen atoms in total. The third-order valence-electron chi connectivity index (χ3n) is 4.15. The van der Waals surface area contributed by atoms with E-state index in [-0.39, 0.29) is 12.4 Å². The summed E-state index contributed by atoms with van der Waals surface area (Å²) in [5, 5.41) is 23.1. The third-order valence-corrected chi connectivity index (χ3v) is 4.56. The van der Waals surface area contributed by atoms with Crippen LogP contribution in [-0.2, 0) is 17.8 Å². The van der Waals surface area contributed by atoms with E-state index in [0.29, 0.717) is 36.8 Å². The quantitative estimate of drug-likeness (QED) is 0.614. The predicted molar refractivity (Wildman–Crippen MR) is 92.0 cm³/mol. The maximum atomic E-state index is 11.9. The van der Waals surface area contributed by atoms with E-state index in [1.807, 2.05) is 4.90 Å². The molecule has 136 valence electrons. The Morgan fingerprint density at radius 2 is 2.27 bits per heavy atom. The van der Waals surface area contributed by atoms with Crippen molar-refractivity contribution < 1.29 is 14.6 Å².